The molecule has 1 unspecified atom stereocenters. The predicted octanol–water partition coefficient (Wildman–Crippen LogP) is 4.12. The Kier molecular flexibility index (Phi) is 5.24. The Bertz CT molecular complexity index is 569. The summed E-state index contributed by atoms with van der Waals surface area (Å²) in [5.74, 6) is -0.0543. The van der Waals surface area contributed by atoms with Crippen molar-refractivity contribution in [1.82, 2.24) is 0 Å². The lowest BCUT2D eigenvalue weighted by atomic mass is 10.0. The molecule has 2 nitrogen and oxygen atoms in total. The SMILES string of the molecule is CC(=O)C(Sc1ccccc1)[C@@H](O)c1ccc(Cl)cc1. The molecule has 2 atom stereocenters. The lowest BCUT2D eigenvalue weighted by Gasteiger charge is -2.20. The molecule has 0 amide bonds. The quantitative estimate of drug-likeness (QED) is 0.844. The van der Waals surface area contributed by atoms with Crippen LogP contribution in [0.25, 0.3) is 0 Å². The number of halogens is 1. The normalized spacial score (nSPS) is 13.8. The van der Waals surface area contributed by atoms with Crippen LogP contribution in [0.4, 0.5) is 0 Å². The summed E-state index contributed by atoms with van der Waals surface area (Å²) in [7, 11) is 0. The largest absolute Gasteiger partial charge is 0.387 e. The van der Waals surface area contributed by atoms with E-state index in [1.807, 2.05) is 30.3 Å². The number of Topliss-reactive ketones (excluding diaryl/α,β-unsaturated/α-hetero) is 1. The number of ketones is 1. The van der Waals surface area contributed by atoms with Crippen molar-refractivity contribution >= 4 is 29.1 Å². The molecule has 4 heteroatoms. The summed E-state index contributed by atoms with van der Waals surface area (Å²) in [4.78, 5) is 12.8. The zero-order chi connectivity index (χ0) is 14.5. The first-order chi connectivity index (χ1) is 9.58. The first-order valence-corrected chi connectivity index (χ1v) is 7.49. The van der Waals surface area contributed by atoms with Gasteiger partial charge in [-0.05, 0) is 36.8 Å². The number of carbonyl (C=O) groups excluding carboxylic acids is 1. The third-order valence-electron chi connectivity index (χ3n) is 2.91. The molecular weight excluding hydrogens is 292 g/mol. The minimum Gasteiger partial charge on any atom is -0.387 e. The van der Waals surface area contributed by atoms with Crippen LogP contribution >= 0.6 is 23.4 Å². The van der Waals surface area contributed by atoms with Crippen molar-refractivity contribution in [2.45, 2.75) is 23.2 Å². The van der Waals surface area contributed by atoms with Crippen LogP contribution in [0.5, 0.6) is 0 Å². The summed E-state index contributed by atoms with van der Waals surface area (Å²) < 4.78 is 0. The van der Waals surface area contributed by atoms with E-state index in [1.54, 1.807) is 24.3 Å². The van der Waals surface area contributed by atoms with Crippen LogP contribution in [0.1, 0.15) is 18.6 Å². The molecule has 0 spiro atoms. The highest BCUT2D eigenvalue weighted by molar-refractivity contribution is 8.00. The number of thioether (sulfide) groups is 1. The lowest BCUT2D eigenvalue weighted by molar-refractivity contribution is -0.118. The molecule has 1 N–H and O–H groups in total. The van der Waals surface area contributed by atoms with Gasteiger partial charge in [-0.25, -0.2) is 0 Å². The number of aliphatic hydroxyl groups is 1. The highest BCUT2D eigenvalue weighted by Crippen LogP contribution is 2.33. The van der Waals surface area contributed by atoms with Crippen molar-refractivity contribution in [2.24, 2.45) is 0 Å². The second-order valence-corrected chi connectivity index (χ2v) is 6.11. The van der Waals surface area contributed by atoms with Crippen molar-refractivity contribution in [3.8, 4) is 0 Å². The lowest BCUT2D eigenvalue weighted by Crippen LogP contribution is -2.22. The first-order valence-electron chi connectivity index (χ1n) is 6.23. The van der Waals surface area contributed by atoms with Gasteiger partial charge in [-0.3, -0.25) is 4.79 Å². The fourth-order valence-electron chi connectivity index (χ4n) is 1.85. The Labute approximate surface area is 127 Å². The Balaban J connectivity index is 2.20. The number of hydrogen-bond donors (Lipinski definition) is 1. The van der Waals surface area contributed by atoms with Crippen LogP contribution < -0.4 is 0 Å². The fraction of sp³-hybridized carbons (Fsp3) is 0.188. The van der Waals surface area contributed by atoms with E-state index in [0.717, 1.165) is 4.90 Å². The molecule has 0 radical (unpaired) electrons. The maximum Gasteiger partial charge on any atom is 0.146 e. The van der Waals surface area contributed by atoms with Gasteiger partial charge in [0.2, 0.25) is 0 Å². The smallest absolute Gasteiger partial charge is 0.146 e. The molecule has 2 aromatic carbocycles. The van der Waals surface area contributed by atoms with Crippen LogP contribution in [0.15, 0.2) is 59.5 Å². The summed E-state index contributed by atoms with van der Waals surface area (Å²) in [5.41, 5.74) is 0.693. The van der Waals surface area contributed by atoms with Crippen molar-refractivity contribution in [2.75, 3.05) is 0 Å². The Morgan fingerprint density at radius 2 is 1.70 bits per heavy atom. The van der Waals surface area contributed by atoms with Gasteiger partial charge in [0.15, 0.2) is 0 Å². The molecule has 0 heterocycles. The van der Waals surface area contributed by atoms with E-state index in [9.17, 15) is 9.90 Å². The average Bonchev–Trinajstić information content (AvgIpc) is 2.45. The molecule has 2 aromatic rings. The maximum absolute atomic E-state index is 11.8. The van der Waals surface area contributed by atoms with E-state index in [0.29, 0.717) is 10.6 Å². The minimum absolute atomic E-state index is 0.0543. The zero-order valence-corrected chi connectivity index (χ0v) is 12.6. The summed E-state index contributed by atoms with van der Waals surface area (Å²) >= 11 is 7.21. The topological polar surface area (TPSA) is 37.3 Å². The highest BCUT2D eigenvalue weighted by Gasteiger charge is 2.26. The summed E-state index contributed by atoms with van der Waals surface area (Å²) in [6, 6.07) is 16.5. The molecule has 0 saturated carbocycles. The van der Waals surface area contributed by atoms with Crippen molar-refractivity contribution in [3.05, 3.63) is 65.2 Å². The van der Waals surface area contributed by atoms with Crippen LogP contribution in [-0.2, 0) is 4.79 Å². The Morgan fingerprint density at radius 3 is 2.25 bits per heavy atom. The number of aliphatic hydroxyl groups excluding tert-OH is 1. The molecule has 0 bridgehead atoms. The van der Waals surface area contributed by atoms with Gasteiger partial charge < -0.3 is 5.11 Å². The van der Waals surface area contributed by atoms with E-state index < -0.39 is 11.4 Å². The molecular formula is C16H15ClO2S. The van der Waals surface area contributed by atoms with E-state index in [1.165, 1.54) is 18.7 Å². The van der Waals surface area contributed by atoms with E-state index >= 15 is 0 Å². The molecule has 0 saturated heterocycles. The van der Waals surface area contributed by atoms with Gasteiger partial charge in [0.25, 0.3) is 0 Å². The Hall–Kier alpha value is -1.29. The average molecular weight is 307 g/mol. The van der Waals surface area contributed by atoms with Crippen LogP contribution in [-0.4, -0.2) is 16.1 Å². The molecule has 0 aliphatic rings. The maximum atomic E-state index is 11.8. The summed E-state index contributed by atoms with van der Waals surface area (Å²) in [5, 5.41) is 10.5. The van der Waals surface area contributed by atoms with Gasteiger partial charge in [-0.1, -0.05) is 41.9 Å². The summed E-state index contributed by atoms with van der Waals surface area (Å²) in [6.45, 7) is 1.50. The number of rotatable bonds is 5. The van der Waals surface area contributed by atoms with Crippen molar-refractivity contribution in [1.29, 1.82) is 0 Å². The highest BCUT2D eigenvalue weighted by atomic mass is 35.5. The van der Waals surface area contributed by atoms with Crippen LogP contribution in [0.2, 0.25) is 5.02 Å². The second kappa shape index (κ2) is 6.93. The number of benzene rings is 2. The van der Waals surface area contributed by atoms with Gasteiger partial charge in [-0.15, -0.1) is 11.8 Å². The molecule has 2 rings (SSSR count). The van der Waals surface area contributed by atoms with E-state index in [2.05, 4.69) is 0 Å². The van der Waals surface area contributed by atoms with Crippen molar-refractivity contribution in [3.63, 3.8) is 0 Å². The van der Waals surface area contributed by atoms with Gasteiger partial charge in [-0.2, -0.15) is 0 Å². The molecule has 0 aliphatic carbocycles. The van der Waals surface area contributed by atoms with Gasteiger partial charge >= 0.3 is 0 Å². The monoisotopic (exact) mass is 306 g/mol. The predicted molar refractivity (Wildman–Crippen MR) is 83.2 cm³/mol. The first kappa shape index (κ1) is 15.1. The number of hydrogen-bond acceptors (Lipinski definition) is 3. The zero-order valence-electron chi connectivity index (χ0n) is 11.0. The fourth-order valence-corrected chi connectivity index (χ4v) is 3.04. The van der Waals surface area contributed by atoms with Crippen LogP contribution in [0, 0.1) is 0 Å². The Morgan fingerprint density at radius 1 is 1.10 bits per heavy atom. The van der Waals surface area contributed by atoms with Crippen LogP contribution in [0.3, 0.4) is 0 Å². The second-order valence-electron chi connectivity index (χ2n) is 4.46. The number of carbonyl (C=O) groups is 1. The van der Waals surface area contributed by atoms with E-state index in [-0.39, 0.29) is 5.78 Å². The standard InChI is InChI=1S/C16H15ClO2S/c1-11(18)16(20-14-5-3-2-4-6-14)15(19)12-7-9-13(17)10-8-12/h2-10,15-16,19H,1H3/t15-,16?/m0/s1. The van der Waals surface area contributed by atoms with Gasteiger partial charge in [0.1, 0.15) is 5.78 Å². The van der Waals surface area contributed by atoms with E-state index in [4.69, 9.17) is 11.6 Å². The molecule has 104 valence electrons. The third kappa shape index (κ3) is 3.85. The molecule has 20 heavy (non-hydrogen) atoms. The molecule has 0 aromatic heterocycles. The molecule has 0 fully saturated rings. The third-order valence-corrected chi connectivity index (χ3v) is 4.55. The van der Waals surface area contributed by atoms with Gasteiger partial charge in [0.05, 0.1) is 11.4 Å². The minimum atomic E-state index is -0.852. The van der Waals surface area contributed by atoms with Gasteiger partial charge in [0, 0.05) is 9.92 Å². The van der Waals surface area contributed by atoms with Crippen molar-refractivity contribution < 1.29 is 9.90 Å². The summed E-state index contributed by atoms with van der Waals surface area (Å²) in [6.07, 6.45) is -0.852. The molecule has 0 aliphatic heterocycles.